The minimum Gasteiger partial charge on any atom is -0.333 e. The Morgan fingerprint density at radius 1 is 1.33 bits per heavy atom. The van der Waals surface area contributed by atoms with Crippen LogP contribution in [0.25, 0.3) is 0 Å². The molecule has 1 aromatic rings. The molecule has 1 amide bonds. The summed E-state index contributed by atoms with van der Waals surface area (Å²) in [6.45, 7) is 1.72. The summed E-state index contributed by atoms with van der Waals surface area (Å²) in [5, 5.41) is 6.77. The van der Waals surface area contributed by atoms with Gasteiger partial charge >= 0.3 is 0 Å². The number of hydrogen-bond donors (Lipinski definition) is 1. The van der Waals surface area contributed by atoms with Gasteiger partial charge in [0.15, 0.2) is 6.04 Å². The molecule has 5 heteroatoms. The van der Waals surface area contributed by atoms with Crippen LogP contribution in [0.5, 0.6) is 0 Å². The van der Waals surface area contributed by atoms with Gasteiger partial charge in [-0.25, -0.2) is 5.01 Å². The van der Waals surface area contributed by atoms with Crippen molar-refractivity contribution in [3.8, 4) is 0 Å². The number of nitroso groups, excluding NO2 is 1. The van der Waals surface area contributed by atoms with Gasteiger partial charge in [0.25, 0.3) is 5.91 Å². The molecule has 0 radical (unpaired) electrons. The average Bonchev–Trinajstić information content (AvgIpc) is 2.54. The van der Waals surface area contributed by atoms with Gasteiger partial charge in [-0.15, -0.1) is 4.91 Å². The fourth-order valence-corrected chi connectivity index (χ4v) is 1.75. The van der Waals surface area contributed by atoms with Crippen LogP contribution in [0.2, 0.25) is 0 Å². The molecule has 2 rings (SSSR count). The molecule has 1 aliphatic heterocycles. The van der Waals surface area contributed by atoms with Crippen molar-refractivity contribution in [3.05, 3.63) is 40.8 Å². The molecule has 1 aromatic carbocycles. The van der Waals surface area contributed by atoms with E-state index >= 15 is 0 Å². The predicted octanol–water partition coefficient (Wildman–Crippen LogP) is 1.19. The maximum Gasteiger partial charge on any atom is 0.250 e. The highest BCUT2D eigenvalue weighted by Gasteiger charge is 2.38. The molecular formula is C10H11N3O2. The highest BCUT2D eigenvalue weighted by atomic mass is 16.3. The van der Waals surface area contributed by atoms with Crippen molar-refractivity contribution in [2.24, 2.45) is 5.29 Å². The molecule has 0 aromatic heterocycles. The van der Waals surface area contributed by atoms with Gasteiger partial charge in [-0.05, 0) is 12.5 Å². The Bertz CT molecular complexity index is 380. The summed E-state index contributed by atoms with van der Waals surface area (Å²) >= 11 is 0. The number of amides is 1. The largest absolute Gasteiger partial charge is 0.333 e. The summed E-state index contributed by atoms with van der Waals surface area (Å²) < 4.78 is 0. The first-order chi connectivity index (χ1) is 7.24. The van der Waals surface area contributed by atoms with E-state index in [0.29, 0.717) is 0 Å². The van der Waals surface area contributed by atoms with Gasteiger partial charge in [0.1, 0.15) is 6.17 Å². The smallest absolute Gasteiger partial charge is 0.250 e. The van der Waals surface area contributed by atoms with E-state index in [-0.39, 0.29) is 12.1 Å². The lowest BCUT2D eigenvalue weighted by molar-refractivity contribution is -0.121. The summed E-state index contributed by atoms with van der Waals surface area (Å²) in [6.07, 6.45) is -0.347. The monoisotopic (exact) mass is 205 g/mol. The molecule has 78 valence electrons. The molecular weight excluding hydrogens is 194 g/mol. The predicted molar refractivity (Wildman–Crippen MR) is 54.4 cm³/mol. The Hall–Kier alpha value is -1.91. The van der Waals surface area contributed by atoms with E-state index in [1.54, 1.807) is 19.1 Å². The molecule has 0 saturated carbocycles. The molecule has 15 heavy (non-hydrogen) atoms. The van der Waals surface area contributed by atoms with Crippen LogP contribution in [-0.2, 0) is 4.79 Å². The van der Waals surface area contributed by atoms with E-state index < -0.39 is 6.04 Å². The third-order valence-electron chi connectivity index (χ3n) is 2.47. The molecule has 1 saturated heterocycles. The minimum atomic E-state index is -0.598. The fraction of sp³-hybridized carbons (Fsp3) is 0.300. The first-order valence-corrected chi connectivity index (χ1v) is 4.71. The van der Waals surface area contributed by atoms with Crippen LogP contribution in [0.3, 0.4) is 0 Å². The van der Waals surface area contributed by atoms with Crippen molar-refractivity contribution in [3.63, 3.8) is 0 Å². The Morgan fingerprint density at radius 3 is 2.60 bits per heavy atom. The summed E-state index contributed by atoms with van der Waals surface area (Å²) in [5.74, 6) is -0.187. The Morgan fingerprint density at radius 2 is 2.00 bits per heavy atom. The maximum absolute atomic E-state index is 11.6. The molecule has 1 aliphatic rings. The number of rotatable bonds is 2. The van der Waals surface area contributed by atoms with Gasteiger partial charge in [-0.3, -0.25) is 4.79 Å². The van der Waals surface area contributed by atoms with Crippen LogP contribution in [0.15, 0.2) is 35.6 Å². The second-order valence-electron chi connectivity index (χ2n) is 3.46. The normalized spacial score (nSPS) is 25.1. The third-order valence-corrected chi connectivity index (χ3v) is 2.47. The quantitative estimate of drug-likeness (QED) is 0.737. The zero-order chi connectivity index (χ0) is 10.8. The molecule has 0 spiro atoms. The van der Waals surface area contributed by atoms with E-state index in [9.17, 15) is 9.70 Å². The van der Waals surface area contributed by atoms with Gasteiger partial charge in [0.2, 0.25) is 0 Å². The highest BCUT2D eigenvalue weighted by Crippen LogP contribution is 2.27. The summed E-state index contributed by atoms with van der Waals surface area (Å²) in [6, 6.07) is 8.53. The van der Waals surface area contributed by atoms with Gasteiger partial charge in [0, 0.05) is 0 Å². The number of hydrogen-bond acceptors (Lipinski definition) is 3. The fourth-order valence-electron chi connectivity index (χ4n) is 1.75. The SMILES string of the molecule is CC1NC(=O)C(c2ccccc2)N1N=O. The minimum absolute atomic E-state index is 0.187. The van der Waals surface area contributed by atoms with Crippen LogP contribution in [0.4, 0.5) is 0 Å². The maximum atomic E-state index is 11.6. The lowest BCUT2D eigenvalue weighted by Gasteiger charge is -2.18. The zero-order valence-electron chi connectivity index (χ0n) is 8.25. The molecule has 2 unspecified atom stereocenters. The van der Waals surface area contributed by atoms with Gasteiger partial charge in [0.05, 0.1) is 5.29 Å². The lowest BCUT2D eigenvalue weighted by Crippen LogP contribution is -2.29. The van der Waals surface area contributed by atoms with E-state index in [1.165, 1.54) is 5.01 Å². The molecule has 1 heterocycles. The number of nitrogens with zero attached hydrogens (tertiary/aromatic N) is 2. The van der Waals surface area contributed by atoms with Gasteiger partial charge < -0.3 is 5.32 Å². The van der Waals surface area contributed by atoms with Crippen LogP contribution in [0.1, 0.15) is 18.5 Å². The Kier molecular flexibility index (Phi) is 2.37. The van der Waals surface area contributed by atoms with E-state index in [1.807, 2.05) is 18.2 Å². The molecule has 5 nitrogen and oxygen atoms in total. The second kappa shape index (κ2) is 3.68. The molecule has 2 atom stereocenters. The van der Waals surface area contributed by atoms with E-state index in [2.05, 4.69) is 10.6 Å². The first-order valence-electron chi connectivity index (χ1n) is 4.71. The molecule has 0 aliphatic carbocycles. The third kappa shape index (κ3) is 1.56. The topological polar surface area (TPSA) is 61.8 Å². The van der Waals surface area contributed by atoms with Crippen molar-refractivity contribution >= 4 is 5.91 Å². The molecule has 1 N–H and O–H groups in total. The van der Waals surface area contributed by atoms with Gasteiger partial charge in [-0.2, -0.15) is 0 Å². The Balaban J connectivity index is 2.35. The van der Waals surface area contributed by atoms with E-state index in [4.69, 9.17) is 0 Å². The first kappa shape index (κ1) is 9.64. The number of benzene rings is 1. The van der Waals surface area contributed by atoms with Crippen LogP contribution in [-0.4, -0.2) is 17.1 Å². The molecule has 1 fully saturated rings. The van der Waals surface area contributed by atoms with Crippen molar-refractivity contribution in [1.82, 2.24) is 10.3 Å². The summed E-state index contributed by atoms with van der Waals surface area (Å²) in [4.78, 5) is 22.2. The highest BCUT2D eigenvalue weighted by molar-refractivity contribution is 5.85. The van der Waals surface area contributed by atoms with Crippen LogP contribution >= 0.6 is 0 Å². The van der Waals surface area contributed by atoms with Crippen molar-refractivity contribution in [1.29, 1.82) is 0 Å². The lowest BCUT2D eigenvalue weighted by atomic mass is 10.1. The summed E-state index contributed by atoms with van der Waals surface area (Å²) in [5.41, 5.74) is 0.777. The molecule has 0 bridgehead atoms. The van der Waals surface area contributed by atoms with E-state index in [0.717, 1.165) is 5.56 Å². The number of carbonyl (C=O) groups is 1. The van der Waals surface area contributed by atoms with Crippen LogP contribution in [0, 0.1) is 4.91 Å². The number of nitrogens with one attached hydrogen (secondary N) is 1. The zero-order valence-corrected chi connectivity index (χ0v) is 8.25. The second-order valence-corrected chi connectivity index (χ2v) is 3.46. The van der Waals surface area contributed by atoms with Gasteiger partial charge in [-0.1, -0.05) is 30.3 Å². The van der Waals surface area contributed by atoms with Crippen molar-refractivity contribution < 1.29 is 4.79 Å². The van der Waals surface area contributed by atoms with Crippen LogP contribution < -0.4 is 5.32 Å². The van der Waals surface area contributed by atoms with Crippen molar-refractivity contribution in [2.75, 3.05) is 0 Å². The Labute approximate surface area is 87.0 Å². The number of carbonyl (C=O) groups excluding carboxylic acids is 1. The standard InChI is InChI=1S/C10H11N3O2/c1-7-11-10(14)9(13(7)12-15)8-5-3-2-4-6-8/h2-7,9H,1H3,(H,11,14). The average molecular weight is 205 g/mol. The summed E-state index contributed by atoms with van der Waals surface area (Å²) in [7, 11) is 0. The van der Waals surface area contributed by atoms with Crippen molar-refractivity contribution in [2.45, 2.75) is 19.1 Å².